The van der Waals surface area contributed by atoms with E-state index in [0.29, 0.717) is 31.1 Å². The van der Waals surface area contributed by atoms with Crippen molar-refractivity contribution in [1.29, 1.82) is 0 Å². The standard InChI is InChI=1S/C15H20N2O4/c1-2-17(14(18)11-4-3-7-21-9-11)13-6-5-10(15(19)20)8-12(13)16/h5-6,8,11H,2-4,7,9,16H2,1H3,(H,19,20). The molecular weight excluding hydrogens is 272 g/mol. The van der Waals surface area contributed by atoms with Gasteiger partial charge in [0.2, 0.25) is 5.91 Å². The minimum Gasteiger partial charge on any atom is -0.478 e. The van der Waals surface area contributed by atoms with E-state index in [2.05, 4.69) is 0 Å². The highest BCUT2D eigenvalue weighted by Crippen LogP contribution is 2.27. The molecular formula is C15H20N2O4. The average molecular weight is 292 g/mol. The summed E-state index contributed by atoms with van der Waals surface area (Å²) in [6, 6.07) is 4.43. The first kappa shape index (κ1) is 15.3. The van der Waals surface area contributed by atoms with E-state index in [4.69, 9.17) is 15.6 Å². The molecule has 1 aromatic carbocycles. The van der Waals surface area contributed by atoms with Gasteiger partial charge < -0.3 is 20.5 Å². The van der Waals surface area contributed by atoms with Crippen LogP contribution < -0.4 is 10.6 Å². The zero-order valence-corrected chi connectivity index (χ0v) is 12.0. The lowest BCUT2D eigenvalue weighted by molar-refractivity contribution is -0.126. The van der Waals surface area contributed by atoms with Gasteiger partial charge in [-0.15, -0.1) is 0 Å². The summed E-state index contributed by atoms with van der Waals surface area (Å²) in [5.41, 5.74) is 6.87. The van der Waals surface area contributed by atoms with Gasteiger partial charge in [-0.25, -0.2) is 4.79 Å². The van der Waals surface area contributed by atoms with Crippen molar-refractivity contribution in [2.45, 2.75) is 19.8 Å². The Morgan fingerprint density at radius 3 is 2.76 bits per heavy atom. The number of carboxylic acid groups (broad SMARTS) is 1. The van der Waals surface area contributed by atoms with Gasteiger partial charge in [0.05, 0.1) is 29.5 Å². The summed E-state index contributed by atoms with van der Waals surface area (Å²) in [6.07, 6.45) is 1.68. The van der Waals surface area contributed by atoms with Crippen molar-refractivity contribution in [3.8, 4) is 0 Å². The minimum absolute atomic E-state index is 0.0213. The highest BCUT2D eigenvalue weighted by molar-refractivity contribution is 5.99. The second-order valence-electron chi connectivity index (χ2n) is 5.08. The van der Waals surface area contributed by atoms with Crippen LogP contribution in [0.15, 0.2) is 18.2 Å². The van der Waals surface area contributed by atoms with E-state index in [9.17, 15) is 9.59 Å². The molecule has 1 aromatic rings. The van der Waals surface area contributed by atoms with Crippen LogP contribution in [0, 0.1) is 5.92 Å². The molecule has 0 spiro atoms. The van der Waals surface area contributed by atoms with Gasteiger partial charge in [0.1, 0.15) is 0 Å². The SMILES string of the molecule is CCN(C(=O)C1CCCOC1)c1ccc(C(=O)O)cc1N. The van der Waals surface area contributed by atoms with Crippen LogP contribution in [0.3, 0.4) is 0 Å². The molecule has 1 saturated heterocycles. The summed E-state index contributed by atoms with van der Waals surface area (Å²) >= 11 is 0. The van der Waals surface area contributed by atoms with E-state index >= 15 is 0 Å². The monoisotopic (exact) mass is 292 g/mol. The lowest BCUT2D eigenvalue weighted by Gasteiger charge is -2.29. The fraction of sp³-hybridized carbons (Fsp3) is 0.467. The van der Waals surface area contributed by atoms with E-state index in [-0.39, 0.29) is 17.4 Å². The van der Waals surface area contributed by atoms with Crippen molar-refractivity contribution >= 4 is 23.3 Å². The maximum Gasteiger partial charge on any atom is 0.335 e. The van der Waals surface area contributed by atoms with E-state index in [0.717, 1.165) is 12.8 Å². The number of carboxylic acids is 1. The van der Waals surface area contributed by atoms with Gasteiger partial charge in [-0.05, 0) is 38.0 Å². The minimum atomic E-state index is -1.04. The van der Waals surface area contributed by atoms with Gasteiger partial charge in [0.15, 0.2) is 0 Å². The largest absolute Gasteiger partial charge is 0.478 e. The van der Waals surface area contributed by atoms with Crippen LogP contribution in [0.5, 0.6) is 0 Å². The van der Waals surface area contributed by atoms with Crippen LogP contribution >= 0.6 is 0 Å². The van der Waals surface area contributed by atoms with Crippen molar-refractivity contribution in [2.24, 2.45) is 5.92 Å². The molecule has 114 valence electrons. The zero-order valence-electron chi connectivity index (χ0n) is 12.0. The van der Waals surface area contributed by atoms with E-state index in [1.807, 2.05) is 6.92 Å². The zero-order chi connectivity index (χ0) is 15.4. The van der Waals surface area contributed by atoms with Crippen LogP contribution in [-0.2, 0) is 9.53 Å². The molecule has 6 heteroatoms. The third kappa shape index (κ3) is 3.33. The molecule has 1 amide bonds. The lowest BCUT2D eigenvalue weighted by Crippen LogP contribution is -2.40. The van der Waals surface area contributed by atoms with Crippen molar-refractivity contribution in [1.82, 2.24) is 0 Å². The topological polar surface area (TPSA) is 92.9 Å². The number of nitrogen functional groups attached to an aromatic ring is 1. The summed E-state index contributed by atoms with van der Waals surface area (Å²) in [7, 11) is 0. The Morgan fingerprint density at radius 2 is 2.24 bits per heavy atom. The molecule has 1 heterocycles. The Hall–Kier alpha value is -2.08. The molecule has 1 fully saturated rings. The summed E-state index contributed by atoms with van der Waals surface area (Å²) in [5, 5.41) is 8.96. The van der Waals surface area contributed by atoms with E-state index < -0.39 is 5.97 Å². The molecule has 1 atom stereocenters. The molecule has 6 nitrogen and oxygen atoms in total. The summed E-state index contributed by atoms with van der Waals surface area (Å²) in [4.78, 5) is 25.1. The molecule has 3 N–H and O–H groups in total. The maximum absolute atomic E-state index is 12.6. The summed E-state index contributed by atoms with van der Waals surface area (Å²) < 4.78 is 5.36. The van der Waals surface area contributed by atoms with Gasteiger partial charge >= 0.3 is 5.97 Å². The maximum atomic E-state index is 12.6. The smallest absolute Gasteiger partial charge is 0.335 e. The summed E-state index contributed by atoms with van der Waals surface area (Å²) in [5.74, 6) is -1.22. The number of benzene rings is 1. The van der Waals surface area contributed by atoms with Gasteiger partial charge in [-0.2, -0.15) is 0 Å². The third-order valence-electron chi connectivity index (χ3n) is 3.66. The van der Waals surface area contributed by atoms with Crippen molar-refractivity contribution in [3.05, 3.63) is 23.8 Å². The van der Waals surface area contributed by atoms with Gasteiger partial charge in [-0.1, -0.05) is 0 Å². The van der Waals surface area contributed by atoms with E-state index in [1.54, 1.807) is 11.0 Å². The number of aromatic carboxylic acids is 1. The predicted molar refractivity (Wildman–Crippen MR) is 79.4 cm³/mol. The second-order valence-corrected chi connectivity index (χ2v) is 5.08. The number of anilines is 2. The number of nitrogens with two attached hydrogens (primary N) is 1. The lowest BCUT2D eigenvalue weighted by atomic mass is 10.00. The highest BCUT2D eigenvalue weighted by Gasteiger charge is 2.27. The first-order valence-electron chi connectivity index (χ1n) is 7.06. The predicted octanol–water partition coefficient (Wildman–Crippen LogP) is 1.75. The number of rotatable bonds is 4. The van der Waals surface area contributed by atoms with Crippen LogP contribution in [-0.4, -0.2) is 36.7 Å². The molecule has 1 aliphatic rings. The van der Waals surface area contributed by atoms with Crippen LogP contribution in [0.1, 0.15) is 30.1 Å². The average Bonchev–Trinajstić information content (AvgIpc) is 2.50. The summed E-state index contributed by atoms with van der Waals surface area (Å²) in [6.45, 7) is 3.48. The van der Waals surface area contributed by atoms with Crippen LogP contribution in [0.25, 0.3) is 0 Å². The molecule has 0 bridgehead atoms. The number of ether oxygens (including phenoxy) is 1. The number of nitrogens with zero attached hydrogens (tertiary/aromatic N) is 1. The van der Waals surface area contributed by atoms with Crippen molar-refractivity contribution in [3.63, 3.8) is 0 Å². The molecule has 1 aliphatic heterocycles. The number of carbonyl (C=O) groups is 2. The normalized spacial score (nSPS) is 18.2. The molecule has 21 heavy (non-hydrogen) atoms. The quantitative estimate of drug-likeness (QED) is 0.825. The van der Waals surface area contributed by atoms with Gasteiger partial charge in [-0.3, -0.25) is 4.79 Å². The number of carbonyl (C=O) groups excluding carboxylic acids is 1. The van der Waals surface area contributed by atoms with Crippen molar-refractivity contribution in [2.75, 3.05) is 30.4 Å². The van der Waals surface area contributed by atoms with Gasteiger partial charge in [0.25, 0.3) is 0 Å². The van der Waals surface area contributed by atoms with Crippen LogP contribution in [0.4, 0.5) is 11.4 Å². The Kier molecular flexibility index (Phi) is 4.80. The van der Waals surface area contributed by atoms with Crippen LogP contribution in [0.2, 0.25) is 0 Å². The van der Waals surface area contributed by atoms with E-state index in [1.165, 1.54) is 12.1 Å². The Bertz CT molecular complexity index is 538. The first-order valence-corrected chi connectivity index (χ1v) is 7.06. The second kappa shape index (κ2) is 6.58. The first-order chi connectivity index (χ1) is 10.0. The Balaban J connectivity index is 2.24. The molecule has 0 aliphatic carbocycles. The molecule has 0 aromatic heterocycles. The molecule has 1 unspecified atom stereocenters. The fourth-order valence-corrected chi connectivity index (χ4v) is 2.53. The Morgan fingerprint density at radius 1 is 1.48 bits per heavy atom. The number of amides is 1. The third-order valence-corrected chi connectivity index (χ3v) is 3.66. The molecule has 0 radical (unpaired) electrons. The van der Waals surface area contributed by atoms with Gasteiger partial charge in [0, 0.05) is 13.2 Å². The fourth-order valence-electron chi connectivity index (χ4n) is 2.53. The van der Waals surface area contributed by atoms with Crippen molar-refractivity contribution < 1.29 is 19.4 Å². The Labute approximate surface area is 123 Å². The highest BCUT2D eigenvalue weighted by atomic mass is 16.5. The number of hydrogen-bond acceptors (Lipinski definition) is 4. The number of hydrogen-bond donors (Lipinski definition) is 2. The molecule has 2 rings (SSSR count). The molecule has 0 saturated carbocycles.